The van der Waals surface area contributed by atoms with Crippen molar-refractivity contribution in [2.75, 3.05) is 5.75 Å². The normalized spacial score (nSPS) is 10.8. The topological polar surface area (TPSA) is 43.1 Å². The fourth-order valence-electron chi connectivity index (χ4n) is 1.09. The highest BCUT2D eigenvalue weighted by Gasteiger charge is 2.15. The van der Waals surface area contributed by atoms with E-state index in [1.807, 2.05) is 0 Å². The zero-order chi connectivity index (χ0) is 11.3. The Hall–Kier alpha value is -1.36. The molecule has 0 spiro atoms. The van der Waals surface area contributed by atoms with Gasteiger partial charge in [0, 0.05) is 11.6 Å². The molecule has 1 aromatic carbocycles. The monoisotopic (exact) mass is 227 g/mol. The first-order valence-corrected chi connectivity index (χ1v) is 5.00. The summed E-state index contributed by atoms with van der Waals surface area (Å²) >= 11 is 3.99. The lowest BCUT2D eigenvalue weighted by molar-refractivity contribution is -0.387. The van der Waals surface area contributed by atoms with Gasteiger partial charge in [0.1, 0.15) is 0 Å². The molecule has 1 rings (SSSR count). The van der Waals surface area contributed by atoms with Crippen LogP contribution in [0.15, 0.2) is 24.3 Å². The summed E-state index contributed by atoms with van der Waals surface area (Å²) in [5.41, 5.74) is -0.269. The molecule has 0 N–H and O–H groups in total. The minimum atomic E-state index is -0.794. The van der Waals surface area contributed by atoms with Crippen molar-refractivity contribution in [2.24, 2.45) is 0 Å². The Labute approximate surface area is 92.2 Å². The van der Waals surface area contributed by atoms with Gasteiger partial charge in [-0.25, -0.2) is 0 Å². The van der Waals surface area contributed by atoms with Crippen LogP contribution in [-0.4, -0.2) is 10.7 Å². The second-order valence-corrected chi connectivity index (χ2v) is 3.30. The lowest BCUT2D eigenvalue weighted by Crippen LogP contribution is -1.94. The zero-order valence-corrected chi connectivity index (χ0v) is 8.78. The Bertz CT molecular complexity index is 393. The Morgan fingerprint density at radius 1 is 1.53 bits per heavy atom. The first-order chi connectivity index (χ1) is 7.16. The third-order valence-electron chi connectivity index (χ3n) is 1.80. The first kappa shape index (κ1) is 11.7. The van der Waals surface area contributed by atoms with Crippen LogP contribution in [0.3, 0.4) is 0 Å². The fourth-order valence-corrected chi connectivity index (χ4v) is 1.24. The molecule has 3 nitrogen and oxygen atoms in total. The molecule has 0 fully saturated rings. The molecular formula is C10H10FNO2S. The maximum absolute atomic E-state index is 13.4. The van der Waals surface area contributed by atoms with Crippen molar-refractivity contribution < 1.29 is 9.31 Å². The van der Waals surface area contributed by atoms with Crippen LogP contribution >= 0.6 is 12.6 Å². The maximum atomic E-state index is 13.4. The molecule has 0 aliphatic heterocycles. The molecule has 0 saturated carbocycles. The van der Waals surface area contributed by atoms with E-state index < -0.39 is 16.4 Å². The summed E-state index contributed by atoms with van der Waals surface area (Å²) in [6, 6.07) is 4.10. The van der Waals surface area contributed by atoms with Gasteiger partial charge in [0.05, 0.1) is 4.92 Å². The van der Waals surface area contributed by atoms with Crippen molar-refractivity contribution in [3.05, 3.63) is 45.8 Å². The second kappa shape index (κ2) is 5.50. The number of nitrogens with zero attached hydrogens (tertiary/aromatic N) is 1. The van der Waals surface area contributed by atoms with E-state index in [4.69, 9.17) is 0 Å². The van der Waals surface area contributed by atoms with Crippen molar-refractivity contribution >= 4 is 24.4 Å². The van der Waals surface area contributed by atoms with Gasteiger partial charge < -0.3 is 0 Å². The van der Waals surface area contributed by atoms with E-state index in [9.17, 15) is 14.5 Å². The molecule has 5 heteroatoms. The summed E-state index contributed by atoms with van der Waals surface area (Å²) in [7, 11) is 0. The molecular weight excluding hydrogens is 217 g/mol. The predicted octanol–water partition coefficient (Wildman–Crippen LogP) is 3.07. The summed E-state index contributed by atoms with van der Waals surface area (Å²) in [5, 5.41) is 10.4. The lowest BCUT2D eigenvalue weighted by Gasteiger charge is -1.97. The van der Waals surface area contributed by atoms with Crippen LogP contribution in [0.2, 0.25) is 0 Å². The van der Waals surface area contributed by atoms with Crippen molar-refractivity contribution in [2.45, 2.75) is 6.42 Å². The molecule has 0 saturated heterocycles. The van der Waals surface area contributed by atoms with E-state index >= 15 is 0 Å². The van der Waals surface area contributed by atoms with E-state index in [2.05, 4.69) is 12.6 Å². The number of hydrogen-bond donors (Lipinski definition) is 1. The molecule has 0 bridgehead atoms. The van der Waals surface area contributed by atoms with Gasteiger partial charge in [-0.15, -0.1) is 0 Å². The van der Waals surface area contributed by atoms with Gasteiger partial charge in [-0.2, -0.15) is 17.0 Å². The third-order valence-corrected chi connectivity index (χ3v) is 2.06. The fraction of sp³-hybridized carbons (Fsp3) is 0.200. The van der Waals surface area contributed by atoms with Gasteiger partial charge in [-0.05, 0) is 12.2 Å². The summed E-state index contributed by atoms with van der Waals surface area (Å²) in [4.78, 5) is 9.70. The number of rotatable bonds is 4. The van der Waals surface area contributed by atoms with Gasteiger partial charge in [0.2, 0.25) is 5.82 Å². The average molecular weight is 227 g/mol. The SMILES string of the molecule is O=[N+]([O-])c1cccc(C=CCCS)c1F. The summed E-state index contributed by atoms with van der Waals surface area (Å²) in [6.45, 7) is 0. The Morgan fingerprint density at radius 3 is 2.87 bits per heavy atom. The van der Waals surface area contributed by atoms with E-state index in [0.717, 1.165) is 6.07 Å². The van der Waals surface area contributed by atoms with Gasteiger partial charge >= 0.3 is 5.69 Å². The van der Waals surface area contributed by atoms with Crippen LogP contribution in [0.5, 0.6) is 0 Å². The number of allylic oxidation sites excluding steroid dienone is 1. The Balaban J connectivity index is 2.99. The maximum Gasteiger partial charge on any atom is 0.305 e. The minimum Gasteiger partial charge on any atom is -0.258 e. The molecule has 0 unspecified atom stereocenters. The highest BCUT2D eigenvalue weighted by Crippen LogP contribution is 2.21. The molecule has 80 valence electrons. The largest absolute Gasteiger partial charge is 0.305 e. The molecule has 0 heterocycles. The number of nitro benzene ring substituents is 1. The van der Waals surface area contributed by atoms with Crippen LogP contribution in [0.4, 0.5) is 10.1 Å². The van der Waals surface area contributed by atoms with Crippen molar-refractivity contribution in [3.8, 4) is 0 Å². The molecule has 15 heavy (non-hydrogen) atoms. The van der Waals surface area contributed by atoms with E-state index in [1.165, 1.54) is 18.2 Å². The van der Waals surface area contributed by atoms with Crippen molar-refractivity contribution in [3.63, 3.8) is 0 Å². The van der Waals surface area contributed by atoms with E-state index in [0.29, 0.717) is 12.2 Å². The molecule has 0 radical (unpaired) electrons. The van der Waals surface area contributed by atoms with Crippen LogP contribution in [-0.2, 0) is 0 Å². The van der Waals surface area contributed by atoms with Gasteiger partial charge in [0.15, 0.2) is 0 Å². The smallest absolute Gasteiger partial charge is 0.258 e. The number of halogens is 1. The van der Waals surface area contributed by atoms with Crippen LogP contribution in [0.25, 0.3) is 6.08 Å². The molecule has 0 aromatic heterocycles. The van der Waals surface area contributed by atoms with Crippen LogP contribution in [0.1, 0.15) is 12.0 Å². The number of thiol groups is 1. The zero-order valence-electron chi connectivity index (χ0n) is 7.89. The average Bonchev–Trinajstić information content (AvgIpc) is 2.20. The lowest BCUT2D eigenvalue weighted by atomic mass is 10.1. The molecule has 0 aliphatic carbocycles. The quantitative estimate of drug-likeness (QED) is 0.488. The number of nitro groups is 1. The van der Waals surface area contributed by atoms with Crippen molar-refractivity contribution in [1.82, 2.24) is 0 Å². The van der Waals surface area contributed by atoms with Gasteiger partial charge in [-0.3, -0.25) is 10.1 Å². The minimum absolute atomic E-state index is 0.228. The van der Waals surface area contributed by atoms with E-state index in [1.54, 1.807) is 6.08 Å². The standard InChI is InChI=1S/C10H10FNO2S/c11-10-8(4-1-2-7-15)5-3-6-9(10)12(13)14/h1,3-6,15H,2,7H2. The molecule has 1 aromatic rings. The van der Waals surface area contributed by atoms with E-state index in [-0.39, 0.29) is 5.56 Å². The predicted molar refractivity (Wildman–Crippen MR) is 60.6 cm³/mol. The first-order valence-electron chi connectivity index (χ1n) is 4.37. The second-order valence-electron chi connectivity index (χ2n) is 2.85. The number of hydrogen-bond acceptors (Lipinski definition) is 3. The molecule has 0 atom stereocenters. The number of benzene rings is 1. The molecule has 0 amide bonds. The highest BCUT2D eigenvalue weighted by molar-refractivity contribution is 7.80. The summed E-state index contributed by atoms with van der Waals surface area (Å²) in [5.74, 6) is -0.134. The Kier molecular flexibility index (Phi) is 4.30. The molecule has 0 aliphatic rings. The van der Waals surface area contributed by atoms with Gasteiger partial charge in [-0.1, -0.05) is 24.3 Å². The summed E-state index contributed by atoms with van der Waals surface area (Å²) < 4.78 is 13.4. The van der Waals surface area contributed by atoms with Gasteiger partial charge in [0.25, 0.3) is 0 Å². The summed E-state index contributed by atoms with van der Waals surface area (Å²) in [6.07, 6.45) is 3.96. The highest BCUT2D eigenvalue weighted by atomic mass is 32.1. The Morgan fingerprint density at radius 2 is 2.27 bits per heavy atom. The third kappa shape index (κ3) is 3.06. The van der Waals surface area contributed by atoms with Crippen molar-refractivity contribution in [1.29, 1.82) is 0 Å². The van der Waals surface area contributed by atoms with Crippen LogP contribution in [0, 0.1) is 15.9 Å². The van der Waals surface area contributed by atoms with Crippen LogP contribution < -0.4 is 0 Å².